The molecule has 0 unspecified atom stereocenters. The Morgan fingerprint density at radius 3 is 2.48 bits per heavy atom. The van der Waals surface area contributed by atoms with Crippen molar-refractivity contribution in [2.75, 3.05) is 32.4 Å². The van der Waals surface area contributed by atoms with Crippen molar-refractivity contribution in [1.82, 2.24) is 19.7 Å². The van der Waals surface area contributed by atoms with Gasteiger partial charge in [-0.15, -0.1) is 0 Å². The van der Waals surface area contributed by atoms with Crippen LogP contribution in [0, 0.1) is 0 Å². The van der Waals surface area contributed by atoms with E-state index in [1.807, 2.05) is 12.1 Å². The van der Waals surface area contributed by atoms with Crippen molar-refractivity contribution in [3.8, 4) is 22.9 Å². The van der Waals surface area contributed by atoms with Crippen LogP contribution in [0.25, 0.3) is 16.7 Å². The third kappa shape index (κ3) is 4.77. The second kappa shape index (κ2) is 9.65. The van der Waals surface area contributed by atoms with Crippen LogP contribution in [0.4, 0.5) is 5.69 Å². The number of fused-ring (bicyclic) bond motifs is 1. The predicted octanol–water partition coefficient (Wildman–Crippen LogP) is 2.87. The fourth-order valence-corrected chi connectivity index (χ4v) is 3.77. The van der Waals surface area contributed by atoms with E-state index in [2.05, 4.69) is 20.4 Å². The average Bonchev–Trinajstić information content (AvgIpc) is 3.27. The minimum atomic E-state index is -0.336. The molecule has 11 heteroatoms. The highest BCUT2D eigenvalue weighted by Gasteiger charge is 2.14. The third-order valence-electron chi connectivity index (χ3n) is 4.75. The molecule has 2 N–H and O–H groups in total. The lowest BCUT2D eigenvalue weighted by Gasteiger charge is -2.11. The number of hydrogen-bond donors (Lipinski definition) is 2. The monoisotopic (exact) mass is 467 g/mol. The number of rotatable bonds is 8. The van der Waals surface area contributed by atoms with E-state index in [1.165, 1.54) is 20.4 Å². The van der Waals surface area contributed by atoms with Crippen molar-refractivity contribution in [3.63, 3.8) is 0 Å². The van der Waals surface area contributed by atoms with Gasteiger partial charge in [0, 0.05) is 6.07 Å². The van der Waals surface area contributed by atoms with Crippen LogP contribution in [0.15, 0.2) is 58.6 Å². The number of carbonyl (C=O) groups is 1. The van der Waals surface area contributed by atoms with Gasteiger partial charge in [0.05, 0.1) is 44.7 Å². The molecule has 2 heterocycles. The number of amides is 1. The molecule has 2 aromatic carbocycles. The summed E-state index contributed by atoms with van der Waals surface area (Å²) in [5.41, 5.74) is 1.26. The first-order chi connectivity index (χ1) is 16.0. The first-order valence-corrected chi connectivity index (χ1v) is 10.8. The minimum absolute atomic E-state index is 0.0193. The summed E-state index contributed by atoms with van der Waals surface area (Å²) < 4.78 is 17.2. The second-order valence-electron chi connectivity index (χ2n) is 6.77. The topological polar surface area (TPSA) is 120 Å². The van der Waals surface area contributed by atoms with E-state index in [1.54, 1.807) is 42.1 Å². The quantitative estimate of drug-likeness (QED) is 0.300. The number of H-pyrrole nitrogens is 1. The second-order valence-corrected chi connectivity index (χ2v) is 7.73. The molecule has 0 bridgehead atoms. The number of methoxy groups -OCH3 is 3. The summed E-state index contributed by atoms with van der Waals surface area (Å²) in [4.78, 5) is 32.2. The van der Waals surface area contributed by atoms with E-state index < -0.39 is 0 Å². The summed E-state index contributed by atoms with van der Waals surface area (Å²) in [5.74, 6) is 1.52. The zero-order chi connectivity index (χ0) is 23.4. The first-order valence-electron chi connectivity index (χ1n) is 9.79. The molecule has 2 aromatic heterocycles. The van der Waals surface area contributed by atoms with Gasteiger partial charge in [-0.2, -0.15) is 5.10 Å². The summed E-state index contributed by atoms with van der Waals surface area (Å²) in [7, 11) is 4.64. The summed E-state index contributed by atoms with van der Waals surface area (Å²) in [5, 5.41) is 7.73. The molecule has 0 fully saturated rings. The lowest BCUT2D eigenvalue weighted by atomic mass is 10.2. The van der Waals surface area contributed by atoms with Crippen molar-refractivity contribution in [2.24, 2.45) is 0 Å². The van der Waals surface area contributed by atoms with E-state index in [0.29, 0.717) is 39.1 Å². The van der Waals surface area contributed by atoms with Crippen LogP contribution in [0.3, 0.4) is 0 Å². The average molecular weight is 468 g/mol. The van der Waals surface area contributed by atoms with Gasteiger partial charge in [0.1, 0.15) is 22.6 Å². The zero-order valence-electron chi connectivity index (χ0n) is 18.1. The number of ether oxygens (including phenoxy) is 3. The fourth-order valence-electron chi connectivity index (χ4n) is 3.11. The molecule has 0 saturated heterocycles. The van der Waals surface area contributed by atoms with Gasteiger partial charge in [-0.05, 0) is 36.4 Å². The van der Waals surface area contributed by atoms with Gasteiger partial charge in [0.25, 0.3) is 5.56 Å². The maximum atomic E-state index is 12.5. The molecule has 10 nitrogen and oxygen atoms in total. The van der Waals surface area contributed by atoms with Crippen LogP contribution < -0.4 is 25.1 Å². The van der Waals surface area contributed by atoms with Gasteiger partial charge in [0.2, 0.25) is 5.91 Å². The molecule has 4 rings (SSSR count). The molecule has 0 aliphatic carbocycles. The normalized spacial score (nSPS) is 10.8. The van der Waals surface area contributed by atoms with Crippen molar-refractivity contribution < 1.29 is 19.0 Å². The van der Waals surface area contributed by atoms with Gasteiger partial charge in [0.15, 0.2) is 10.8 Å². The summed E-state index contributed by atoms with van der Waals surface area (Å²) in [6.07, 6.45) is 1.46. The Hall–Kier alpha value is -3.99. The molecule has 1 amide bonds. The molecule has 0 aliphatic heterocycles. The van der Waals surface area contributed by atoms with Crippen LogP contribution in [-0.2, 0) is 4.79 Å². The molecule has 0 radical (unpaired) electrons. The molecule has 0 saturated carbocycles. The molecule has 0 spiro atoms. The number of aromatic nitrogens is 4. The van der Waals surface area contributed by atoms with Crippen LogP contribution in [0.2, 0.25) is 0 Å². The maximum absolute atomic E-state index is 12.5. The van der Waals surface area contributed by atoms with Gasteiger partial charge in [-0.1, -0.05) is 11.8 Å². The standard InChI is InChI=1S/C22H21N5O5S/c1-30-14-6-4-13(5-7-14)27-20-16(11-23-27)21(29)26-22(25-20)33-12-19(28)24-17-10-15(31-2)8-9-18(17)32-3/h4-11H,12H2,1-3H3,(H,24,28)(H,25,26,29). The highest BCUT2D eigenvalue weighted by Crippen LogP contribution is 2.29. The Morgan fingerprint density at radius 1 is 1.06 bits per heavy atom. The van der Waals surface area contributed by atoms with Crippen LogP contribution in [0.5, 0.6) is 17.2 Å². The number of nitrogens with one attached hydrogen (secondary N) is 2. The molecular weight excluding hydrogens is 446 g/mol. The summed E-state index contributed by atoms with van der Waals surface area (Å²) in [6.45, 7) is 0. The lowest BCUT2D eigenvalue weighted by molar-refractivity contribution is -0.113. The predicted molar refractivity (Wildman–Crippen MR) is 125 cm³/mol. The molecular formula is C22H21N5O5S. The molecule has 0 aliphatic rings. The van der Waals surface area contributed by atoms with Crippen molar-refractivity contribution in [1.29, 1.82) is 0 Å². The zero-order valence-corrected chi connectivity index (χ0v) is 18.9. The number of aromatic amines is 1. The number of benzene rings is 2. The van der Waals surface area contributed by atoms with Gasteiger partial charge in [-0.25, -0.2) is 9.67 Å². The van der Waals surface area contributed by atoms with Gasteiger partial charge in [-0.3, -0.25) is 9.59 Å². The Labute approximate surface area is 192 Å². The molecule has 4 aromatic rings. The van der Waals surface area contributed by atoms with Crippen LogP contribution in [0.1, 0.15) is 0 Å². The van der Waals surface area contributed by atoms with Crippen molar-refractivity contribution >= 4 is 34.4 Å². The number of nitrogens with zero attached hydrogens (tertiary/aromatic N) is 3. The Morgan fingerprint density at radius 2 is 1.79 bits per heavy atom. The molecule has 170 valence electrons. The Balaban J connectivity index is 1.53. The minimum Gasteiger partial charge on any atom is -0.497 e. The summed E-state index contributed by atoms with van der Waals surface area (Å²) >= 11 is 1.10. The van der Waals surface area contributed by atoms with E-state index in [-0.39, 0.29) is 17.2 Å². The number of carbonyl (C=O) groups excluding carboxylic acids is 1. The van der Waals surface area contributed by atoms with Crippen molar-refractivity contribution in [3.05, 3.63) is 59.0 Å². The fraction of sp³-hybridized carbons (Fsp3) is 0.182. The molecule has 0 atom stereocenters. The highest BCUT2D eigenvalue weighted by molar-refractivity contribution is 7.99. The molecule has 33 heavy (non-hydrogen) atoms. The van der Waals surface area contributed by atoms with Crippen LogP contribution >= 0.6 is 11.8 Å². The van der Waals surface area contributed by atoms with E-state index >= 15 is 0 Å². The van der Waals surface area contributed by atoms with Crippen LogP contribution in [-0.4, -0.2) is 52.7 Å². The SMILES string of the molecule is COc1ccc(-n2ncc3c(=O)[nH]c(SCC(=O)Nc4cc(OC)ccc4OC)nc32)cc1. The Bertz CT molecular complexity index is 1350. The first kappa shape index (κ1) is 22.2. The van der Waals surface area contributed by atoms with E-state index in [4.69, 9.17) is 14.2 Å². The third-order valence-corrected chi connectivity index (χ3v) is 5.63. The highest BCUT2D eigenvalue weighted by atomic mass is 32.2. The Kier molecular flexibility index (Phi) is 6.50. The van der Waals surface area contributed by atoms with Crippen molar-refractivity contribution in [2.45, 2.75) is 5.16 Å². The summed E-state index contributed by atoms with van der Waals surface area (Å²) in [6, 6.07) is 12.3. The van der Waals surface area contributed by atoms with Gasteiger partial charge >= 0.3 is 0 Å². The van der Waals surface area contributed by atoms with Gasteiger partial charge < -0.3 is 24.5 Å². The number of anilines is 1. The maximum Gasteiger partial charge on any atom is 0.262 e. The number of thioether (sulfide) groups is 1. The largest absolute Gasteiger partial charge is 0.497 e. The smallest absolute Gasteiger partial charge is 0.262 e. The lowest BCUT2D eigenvalue weighted by Crippen LogP contribution is -2.16. The van der Waals surface area contributed by atoms with E-state index in [9.17, 15) is 9.59 Å². The number of hydrogen-bond acceptors (Lipinski definition) is 8. The van der Waals surface area contributed by atoms with E-state index in [0.717, 1.165) is 17.4 Å².